The number of halogens is 2. The van der Waals surface area contributed by atoms with Crippen molar-refractivity contribution in [3.05, 3.63) is 45.2 Å². The number of fused-ring (bicyclic) bond motifs is 4. The lowest BCUT2D eigenvalue weighted by atomic mass is 9.73. The lowest BCUT2D eigenvalue weighted by molar-refractivity contribution is 0.175. The van der Waals surface area contributed by atoms with Gasteiger partial charge in [-0.1, -0.05) is 6.07 Å². The number of anilines is 1. The summed E-state index contributed by atoms with van der Waals surface area (Å²) in [6.45, 7) is 7.37. The Kier molecular flexibility index (Phi) is 5.51. The number of hydrogen-bond donors (Lipinski definition) is 2. The van der Waals surface area contributed by atoms with Crippen molar-refractivity contribution in [1.29, 1.82) is 0 Å². The molecule has 35 heavy (non-hydrogen) atoms. The Balaban J connectivity index is 1.33. The van der Waals surface area contributed by atoms with E-state index < -0.39 is 16.1 Å². The summed E-state index contributed by atoms with van der Waals surface area (Å²) in [5.74, 6) is 0.507. The monoisotopic (exact) mass is 608 g/mol. The van der Waals surface area contributed by atoms with E-state index in [0.717, 1.165) is 64.2 Å². The van der Waals surface area contributed by atoms with Crippen LogP contribution in [0, 0.1) is 14.9 Å². The molecule has 1 aliphatic carbocycles. The fourth-order valence-electron chi connectivity index (χ4n) is 5.41. The fourth-order valence-corrected chi connectivity index (χ4v) is 6.96. The summed E-state index contributed by atoms with van der Waals surface area (Å²) in [7, 11) is 0. The molecule has 1 spiro atoms. The van der Waals surface area contributed by atoms with Crippen molar-refractivity contribution in [2.45, 2.75) is 50.8 Å². The first-order chi connectivity index (χ1) is 16.7. The Bertz CT molecular complexity index is 1420. The number of rotatable bonds is 3. The van der Waals surface area contributed by atoms with Crippen LogP contribution in [0.3, 0.4) is 0 Å². The summed E-state index contributed by atoms with van der Waals surface area (Å²) in [5.41, 5.74) is 3.27. The normalized spacial score (nSPS) is 20.7. The SMILES string of the molecule is CC(C)(C)[S+]([O-])N[C@@H]1c2cc(F)ccc2CC12CCN(c1nc3n[nH]c(I)c3c3nncn13)CC2. The predicted molar refractivity (Wildman–Crippen MR) is 141 cm³/mol. The van der Waals surface area contributed by atoms with Crippen molar-refractivity contribution in [1.82, 2.24) is 34.5 Å². The predicted octanol–water partition coefficient (Wildman–Crippen LogP) is 3.68. The molecule has 2 aliphatic rings. The molecular weight excluding hydrogens is 582 g/mol. The minimum atomic E-state index is -1.27. The van der Waals surface area contributed by atoms with Crippen LogP contribution >= 0.6 is 22.6 Å². The number of benzene rings is 1. The third kappa shape index (κ3) is 3.80. The third-order valence-corrected chi connectivity index (χ3v) is 9.64. The maximum absolute atomic E-state index is 14.2. The molecule has 4 aromatic rings. The first kappa shape index (κ1) is 23.4. The zero-order chi connectivity index (χ0) is 24.5. The van der Waals surface area contributed by atoms with Gasteiger partial charge in [-0.2, -0.15) is 10.1 Å². The van der Waals surface area contributed by atoms with E-state index in [2.05, 4.69) is 52.6 Å². The van der Waals surface area contributed by atoms with E-state index in [1.165, 1.54) is 6.07 Å². The van der Waals surface area contributed by atoms with Gasteiger partial charge in [-0.15, -0.1) is 14.9 Å². The summed E-state index contributed by atoms with van der Waals surface area (Å²) in [4.78, 5) is 7.07. The molecule has 9 nitrogen and oxygen atoms in total. The van der Waals surface area contributed by atoms with Crippen molar-refractivity contribution < 1.29 is 8.94 Å². The van der Waals surface area contributed by atoms with Crippen LogP contribution in [0.15, 0.2) is 24.5 Å². The smallest absolute Gasteiger partial charge is 0.214 e. The van der Waals surface area contributed by atoms with Crippen LogP contribution in [0.5, 0.6) is 0 Å². The van der Waals surface area contributed by atoms with Gasteiger partial charge in [0.1, 0.15) is 20.6 Å². The molecule has 0 radical (unpaired) electrons. The number of hydrogen-bond acceptors (Lipinski definition) is 7. The molecule has 1 saturated heterocycles. The number of nitrogens with zero attached hydrogens (tertiary/aromatic N) is 6. The van der Waals surface area contributed by atoms with Crippen molar-refractivity contribution in [3.63, 3.8) is 0 Å². The molecule has 0 bridgehead atoms. The first-order valence-electron chi connectivity index (χ1n) is 11.6. The molecule has 184 valence electrons. The summed E-state index contributed by atoms with van der Waals surface area (Å²) in [6, 6.07) is 4.85. The second kappa shape index (κ2) is 8.25. The molecule has 1 fully saturated rings. The van der Waals surface area contributed by atoms with Gasteiger partial charge in [-0.25, -0.2) is 4.39 Å². The van der Waals surface area contributed by atoms with Crippen LogP contribution in [0.2, 0.25) is 0 Å². The van der Waals surface area contributed by atoms with E-state index in [9.17, 15) is 8.94 Å². The van der Waals surface area contributed by atoms with Crippen LogP contribution in [-0.4, -0.2) is 52.2 Å². The van der Waals surface area contributed by atoms with Gasteiger partial charge in [0, 0.05) is 29.9 Å². The van der Waals surface area contributed by atoms with Crippen LogP contribution in [0.4, 0.5) is 10.3 Å². The second-order valence-corrected chi connectivity index (χ2v) is 13.6. The number of aromatic nitrogens is 6. The van der Waals surface area contributed by atoms with Crippen LogP contribution in [-0.2, 0) is 17.8 Å². The molecule has 0 amide bonds. The molecule has 1 aromatic carbocycles. The van der Waals surface area contributed by atoms with E-state index in [-0.39, 0.29) is 17.3 Å². The van der Waals surface area contributed by atoms with Gasteiger partial charge in [-0.05, 0) is 85.9 Å². The summed E-state index contributed by atoms with van der Waals surface area (Å²) < 4.78 is 33.2. The van der Waals surface area contributed by atoms with E-state index in [4.69, 9.17) is 4.98 Å². The average Bonchev–Trinajstić information content (AvgIpc) is 3.50. The quantitative estimate of drug-likeness (QED) is 0.270. The van der Waals surface area contributed by atoms with Crippen molar-refractivity contribution in [3.8, 4) is 0 Å². The van der Waals surface area contributed by atoms with Gasteiger partial charge < -0.3 is 9.45 Å². The Labute approximate surface area is 218 Å². The minimum absolute atomic E-state index is 0.147. The number of nitrogens with one attached hydrogen (secondary N) is 2. The number of H-pyrrole nitrogens is 1. The lowest BCUT2D eigenvalue weighted by Crippen LogP contribution is -2.50. The molecule has 2 N–H and O–H groups in total. The summed E-state index contributed by atoms with van der Waals surface area (Å²) in [5, 5.41) is 16.6. The molecule has 4 heterocycles. The third-order valence-electron chi connectivity index (χ3n) is 7.29. The van der Waals surface area contributed by atoms with Gasteiger partial charge in [0.15, 0.2) is 11.3 Å². The Morgan fingerprint density at radius 1 is 1.29 bits per heavy atom. The van der Waals surface area contributed by atoms with Gasteiger partial charge in [0.25, 0.3) is 0 Å². The van der Waals surface area contributed by atoms with Crippen molar-refractivity contribution >= 4 is 56.6 Å². The van der Waals surface area contributed by atoms with Crippen molar-refractivity contribution in [2.75, 3.05) is 18.0 Å². The topological polar surface area (TPSA) is 110 Å². The highest BCUT2D eigenvalue weighted by molar-refractivity contribution is 14.1. The summed E-state index contributed by atoms with van der Waals surface area (Å²) in [6.07, 6.45) is 4.23. The van der Waals surface area contributed by atoms with Crippen LogP contribution < -0.4 is 9.62 Å². The molecule has 1 aliphatic heterocycles. The lowest BCUT2D eigenvalue weighted by Gasteiger charge is -2.44. The zero-order valence-electron chi connectivity index (χ0n) is 19.7. The molecule has 3 aromatic heterocycles. The fraction of sp³-hybridized carbons (Fsp3) is 0.478. The van der Waals surface area contributed by atoms with E-state index in [1.54, 1.807) is 12.4 Å². The summed E-state index contributed by atoms with van der Waals surface area (Å²) >= 11 is 0.923. The van der Waals surface area contributed by atoms with Crippen LogP contribution in [0.1, 0.15) is 50.8 Å². The molecule has 2 atom stereocenters. The molecule has 6 rings (SSSR count). The van der Waals surface area contributed by atoms with E-state index in [0.29, 0.717) is 5.65 Å². The number of aromatic amines is 1. The Morgan fingerprint density at radius 2 is 2.06 bits per heavy atom. The molecule has 1 unspecified atom stereocenters. The largest absolute Gasteiger partial charge is 0.598 e. The highest BCUT2D eigenvalue weighted by Crippen LogP contribution is 2.53. The minimum Gasteiger partial charge on any atom is -0.598 e. The average molecular weight is 608 g/mol. The van der Waals surface area contributed by atoms with E-state index >= 15 is 0 Å². The molecule has 0 saturated carbocycles. The van der Waals surface area contributed by atoms with Gasteiger partial charge in [0.2, 0.25) is 5.95 Å². The van der Waals surface area contributed by atoms with E-state index in [1.807, 2.05) is 31.2 Å². The highest BCUT2D eigenvalue weighted by atomic mass is 127. The van der Waals surface area contributed by atoms with Crippen molar-refractivity contribution in [2.24, 2.45) is 5.41 Å². The standard InChI is InChI=1S/C23H26FIN8OS/c1-22(2,3)35(34)31-17-15-10-14(24)5-4-13(15)11-23(17)6-8-32(9-7-23)21-27-19-16(18(25)28-29-19)20-30-26-12-33(20)21/h4-5,10,12,17,31H,6-9,11H2,1-3H3,(H,28,29)/t17-,35?/m1/s1. The van der Waals surface area contributed by atoms with Gasteiger partial charge in [-0.3, -0.25) is 9.50 Å². The maximum Gasteiger partial charge on any atom is 0.214 e. The maximum atomic E-state index is 14.2. The van der Waals surface area contributed by atoms with Crippen LogP contribution in [0.25, 0.3) is 16.7 Å². The first-order valence-corrected chi connectivity index (χ1v) is 13.8. The van der Waals surface area contributed by atoms with Gasteiger partial charge >= 0.3 is 0 Å². The molecular formula is C23H26FIN8OS. The zero-order valence-corrected chi connectivity index (χ0v) is 22.7. The second-order valence-electron chi connectivity index (χ2n) is 10.5. The molecule has 12 heteroatoms. The number of piperidine rings is 1. The van der Waals surface area contributed by atoms with Gasteiger partial charge in [0.05, 0.1) is 11.4 Å². The highest BCUT2D eigenvalue weighted by Gasteiger charge is 2.51. The Hall–Kier alpha value is -2.03. The Morgan fingerprint density at radius 3 is 2.80 bits per heavy atom.